The van der Waals surface area contributed by atoms with Crippen LogP contribution in [0.2, 0.25) is 0 Å². The van der Waals surface area contributed by atoms with Crippen LogP contribution < -0.4 is 10.5 Å². The Kier molecular flexibility index (Phi) is 3.73. The quantitative estimate of drug-likeness (QED) is 0.762. The molecule has 0 heterocycles. The number of hydrogen-bond acceptors (Lipinski definition) is 3. The minimum Gasteiger partial charge on any atom is -0.496 e. The Hall–Kier alpha value is -1.06. The molecule has 0 aliphatic carbocycles. The minimum absolute atomic E-state index is 0.0869. The predicted octanol–water partition coefficient (Wildman–Crippen LogP) is 1.34. The van der Waals surface area contributed by atoms with Crippen molar-refractivity contribution < 1.29 is 9.47 Å². The average molecular weight is 181 g/mol. The molecule has 1 aromatic rings. The molecule has 0 aromatic heterocycles. The fraction of sp³-hybridized carbons (Fsp3) is 0.400. The summed E-state index contributed by atoms with van der Waals surface area (Å²) in [6.45, 7) is 0.455. The molecule has 0 saturated carbocycles. The zero-order chi connectivity index (χ0) is 9.68. The normalized spacial score (nSPS) is 12.5. The van der Waals surface area contributed by atoms with E-state index in [1.165, 1.54) is 0 Å². The number of rotatable bonds is 4. The molecule has 0 saturated heterocycles. The summed E-state index contributed by atoms with van der Waals surface area (Å²) in [6, 6.07) is 7.72. The third-order valence-electron chi connectivity index (χ3n) is 1.98. The van der Waals surface area contributed by atoms with Gasteiger partial charge >= 0.3 is 0 Å². The van der Waals surface area contributed by atoms with Crippen LogP contribution in [-0.2, 0) is 4.74 Å². The van der Waals surface area contributed by atoms with Crippen molar-refractivity contribution in [2.45, 2.75) is 6.10 Å². The maximum Gasteiger partial charge on any atom is 0.124 e. The Morgan fingerprint density at radius 2 is 2.00 bits per heavy atom. The third-order valence-corrected chi connectivity index (χ3v) is 1.98. The van der Waals surface area contributed by atoms with E-state index >= 15 is 0 Å². The lowest BCUT2D eigenvalue weighted by atomic mass is 10.1. The van der Waals surface area contributed by atoms with Gasteiger partial charge in [-0.1, -0.05) is 18.2 Å². The zero-order valence-electron chi connectivity index (χ0n) is 7.99. The number of benzene rings is 1. The maximum absolute atomic E-state index is 5.56. The van der Waals surface area contributed by atoms with Crippen LogP contribution in [0.25, 0.3) is 0 Å². The summed E-state index contributed by atoms with van der Waals surface area (Å²) in [7, 11) is 3.28. The highest BCUT2D eigenvalue weighted by Gasteiger charge is 2.12. The van der Waals surface area contributed by atoms with E-state index in [4.69, 9.17) is 15.2 Å². The molecule has 0 aliphatic rings. The molecule has 0 bridgehead atoms. The van der Waals surface area contributed by atoms with Crippen molar-refractivity contribution in [1.29, 1.82) is 0 Å². The van der Waals surface area contributed by atoms with Crippen molar-refractivity contribution in [2.24, 2.45) is 5.73 Å². The molecule has 1 aromatic carbocycles. The first-order valence-corrected chi connectivity index (χ1v) is 4.19. The van der Waals surface area contributed by atoms with E-state index in [-0.39, 0.29) is 6.10 Å². The fourth-order valence-electron chi connectivity index (χ4n) is 1.28. The minimum atomic E-state index is -0.0869. The highest BCUT2D eigenvalue weighted by molar-refractivity contribution is 5.35. The van der Waals surface area contributed by atoms with Crippen molar-refractivity contribution in [3.8, 4) is 5.75 Å². The van der Waals surface area contributed by atoms with Gasteiger partial charge in [0, 0.05) is 19.2 Å². The molecule has 1 atom stereocenters. The van der Waals surface area contributed by atoms with Crippen molar-refractivity contribution in [3.63, 3.8) is 0 Å². The number of hydrogen-bond donors (Lipinski definition) is 1. The second kappa shape index (κ2) is 4.84. The molecule has 13 heavy (non-hydrogen) atoms. The van der Waals surface area contributed by atoms with Crippen LogP contribution in [0.1, 0.15) is 11.7 Å². The summed E-state index contributed by atoms with van der Waals surface area (Å²) >= 11 is 0. The summed E-state index contributed by atoms with van der Waals surface area (Å²) in [5, 5.41) is 0. The Morgan fingerprint density at radius 1 is 1.31 bits per heavy atom. The molecule has 0 amide bonds. The number of ether oxygens (including phenoxy) is 2. The van der Waals surface area contributed by atoms with Gasteiger partial charge in [-0.2, -0.15) is 0 Å². The topological polar surface area (TPSA) is 44.5 Å². The van der Waals surface area contributed by atoms with Crippen LogP contribution >= 0.6 is 0 Å². The van der Waals surface area contributed by atoms with Crippen LogP contribution in [0.4, 0.5) is 0 Å². The van der Waals surface area contributed by atoms with Crippen LogP contribution in [0, 0.1) is 0 Å². The lowest BCUT2D eigenvalue weighted by Crippen LogP contribution is -2.14. The lowest BCUT2D eigenvalue weighted by Gasteiger charge is -2.16. The summed E-state index contributed by atoms with van der Waals surface area (Å²) in [5.41, 5.74) is 6.55. The van der Waals surface area contributed by atoms with E-state index in [0.29, 0.717) is 6.54 Å². The Balaban J connectivity index is 2.96. The average Bonchev–Trinajstić information content (AvgIpc) is 2.20. The van der Waals surface area contributed by atoms with Gasteiger partial charge < -0.3 is 15.2 Å². The van der Waals surface area contributed by atoms with Crippen molar-refractivity contribution in [2.75, 3.05) is 20.8 Å². The Bertz CT molecular complexity index is 259. The van der Waals surface area contributed by atoms with Crippen molar-refractivity contribution in [1.82, 2.24) is 0 Å². The first-order valence-electron chi connectivity index (χ1n) is 4.19. The van der Waals surface area contributed by atoms with Gasteiger partial charge in [-0.25, -0.2) is 0 Å². The monoisotopic (exact) mass is 181 g/mol. The second-order valence-electron chi connectivity index (χ2n) is 2.70. The summed E-state index contributed by atoms with van der Waals surface area (Å²) in [5.74, 6) is 0.819. The molecule has 3 heteroatoms. The third kappa shape index (κ3) is 2.20. The molecule has 1 unspecified atom stereocenters. The maximum atomic E-state index is 5.56. The van der Waals surface area contributed by atoms with Crippen LogP contribution in [0.15, 0.2) is 24.3 Å². The van der Waals surface area contributed by atoms with Gasteiger partial charge in [-0.15, -0.1) is 0 Å². The summed E-state index contributed by atoms with van der Waals surface area (Å²) in [6.07, 6.45) is -0.0869. The zero-order valence-corrected chi connectivity index (χ0v) is 7.99. The van der Waals surface area contributed by atoms with Gasteiger partial charge in [0.1, 0.15) is 5.75 Å². The SMILES string of the molecule is COc1ccccc1C(CN)OC. The molecule has 3 nitrogen and oxygen atoms in total. The first-order chi connectivity index (χ1) is 6.33. The first kappa shape index (κ1) is 10.0. The fourth-order valence-corrected chi connectivity index (χ4v) is 1.28. The van der Waals surface area contributed by atoms with Crippen molar-refractivity contribution >= 4 is 0 Å². The Morgan fingerprint density at radius 3 is 2.54 bits per heavy atom. The molecule has 0 spiro atoms. The van der Waals surface area contributed by atoms with Crippen molar-refractivity contribution in [3.05, 3.63) is 29.8 Å². The molecule has 0 aliphatic heterocycles. The number of nitrogens with two attached hydrogens (primary N) is 1. The highest BCUT2D eigenvalue weighted by atomic mass is 16.5. The Labute approximate surface area is 78.5 Å². The largest absolute Gasteiger partial charge is 0.496 e. The molecular formula is C10H15NO2. The standard InChI is InChI=1S/C10H15NO2/c1-12-9-6-4-3-5-8(9)10(7-11)13-2/h3-6,10H,7,11H2,1-2H3. The predicted molar refractivity (Wildman–Crippen MR) is 51.8 cm³/mol. The van der Waals surface area contributed by atoms with Crippen LogP contribution in [-0.4, -0.2) is 20.8 Å². The molecule has 1 rings (SSSR count). The van der Waals surface area contributed by atoms with E-state index in [1.54, 1.807) is 14.2 Å². The smallest absolute Gasteiger partial charge is 0.124 e. The molecule has 0 radical (unpaired) electrons. The van der Waals surface area contributed by atoms with Gasteiger partial charge in [0.2, 0.25) is 0 Å². The van der Waals surface area contributed by atoms with Gasteiger partial charge in [-0.3, -0.25) is 0 Å². The lowest BCUT2D eigenvalue weighted by molar-refractivity contribution is 0.108. The molecular weight excluding hydrogens is 166 g/mol. The van der Waals surface area contributed by atoms with Gasteiger partial charge in [-0.05, 0) is 6.07 Å². The molecule has 72 valence electrons. The number of methoxy groups -OCH3 is 2. The van der Waals surface area contributed by atoms with Gasteiger partial charge in [0.25, 0.3) is 0 Å². The number of para-hydroxylation sites is 1. The van der Waals surface area contributed by atoms with Crippen LogP contribution in [0.3, 0.4) is 0 Å². The van der Waals surface area contributed by atoms with E-state index in [0.717, 1.165) is 11.3 Å². The highest BCUT2D eigenvalue weighted by Crippen LogP contribution is 2.25. The van der Waals surface area contributed by atoms with Crippen LogP contribution in [0.5, 0.6) is 5.75 Å². The van der Waals surface area contributed by atoms with Gasteiger partial charge in [0.15, 0.2) is 0 Å². The van der Waals surface area contributed by atoms with E-state index in [2.05, 4.69) is 0 Å². The van der Waals surface area contributed by atoms with E-state index < -0.39 is 0 Å². The molecule has 2 N–H and O–H groups in total. The van der Waals surface area contributed by atoms with Gasteiger partial charge in [0.05, 0.1) is 13.2 Å². The van der Waals surface area contributed by atoms with E-state index in [9.17, 15) is 0 Å². The summed E-state index contributed by atoms with van der Waals surface area (Å²) in [4.78, 5) is 0. The van der Waals surface area contributed by atoms with E-state index in [1.807, 2.05) is 24.3 Å². The second-order valence-corrected chi connectivity index (χ2v) is 2.70. The summed E-state index contributed by atoms with van der Waals surface area (Å²) < 4.78 is 10.4. The molecule has 0 fully saturated rings.